The topological polar surface area (TPSA) is 50.3 Å². The molecule has 8 heteroatoms. The van der Waals surface area contributed by atoms with Gasteiger partial charge < -0.3 is 15.0 Å². The number of anilines is 2. The molecule has 1 aromatic carbocycles. The molecule has 0 atom stereocenters. The van der Waals surface area contributed by atoms with Crippen molar-refractivity contribution in [1.29, 1.82) is 0 Å². The number of aromatic nitrogens is 2. The number of nitrogens with one attached hydrogen (secondary N) is 1. The largest absolute Gasteiger partial charge is 0.433 e. The van der Waals surface area contributed by atoms with Gasteiger partial charge in [0.2, 0.25) is 5.95 Å². The number of ether oxygens (including phenoxy) is 1. The Balaban J connectivity index is 2.25. The Hall–Kier alpha value is -2.35. The van der Waals surface area contributed by atoms with Gasteiger partial charge in [0.1, 0.15) is 5.82 Å². The Morgan fingerprint density at radius 2 is 1.79 bits per heavy atom. The van der Waals surface area contributed by atoms with Crippen molar-refractivity contribution in [3.8, 4) is 0 Å². The maximum absolute atomic E-state index is 13.0. The molecule has 2 rings (SSSR count). The summed E-state index contributed by atoms with van der Waals surface area (Å²) in [5.41, 5.74) is 0.882. The second-order valence-corrected chi connectivity index (χ2v) is 5.38. The standard InChI is InChI=1S/C16H19F3N4O/c1-23(2)14-8-13(16(17,18)19)21-15(22-14)20-9-11-6-4-5-7-12(11)10-24-3/h4-8H,9-10H2,1-3H3,(H,20,21,22). The van der Waals surface area contributed by atoms with Crippen LogP contribution in [0.3, 0.4) is 0 Å². The van der Waals surface area contributed by atoms with E-state index in [1.807, 2.05) is 24.3 Å². The van der Waals surface area contributed by atoms with Crippen LogP contribution in [0.4, 0.5) is 24.9 Å². The number of alkyl halides is 3. The zero-order valence-corrected chi connectivity index (χ0v) is 13.7. The van der Waals surface area contributed by atoms with E-state index in [2.05, 4.69) is 15.3 Å². The number of nitrogens with zero attached hydrogens (tertiary/aromatic N) is 3. The first-order valence-corrected chi connectivity index (χ1v) is 7.24. The highest BCUT2D eigenvalue weighted by molar-refractivity contribution is 5.45. The summed E-state index contributed by atoms with van der Waals surface area (Å²) in [4.78, 5) is 9.18. The molecule has 0 aliphatic carbocycles. The minimum atomic E-state index is -4.53. The SMILES string of the molecule is COCc1ccccc1CNc1nc(N(C)C)cc(C(F)(F)F)n1. The number of methoxy groups -OCH3 is 1. The summed E-state index contributed by atoms with van der Waals surface area (Å²) in [5.74, 6) is 0.116. The maximum atomic E-state index is 13.0. The zero-order valence-electron chi connectivity index (χ0n) is 13.7. The molecule has 5 nitrogen and oxygen atoms in total. The molecule has 0 radical (unpaired) electrons. The van der Waals surface area contributed by atoms with Crippen LogP contribution in [0.2, 0.25) is 0 Å². The smallest absolute Gasteiger partial charge is 0.380 e. The third kappa shape index (κ3) is 4.58. The monoisotopic (exact) mass is 340 g/mol. The highest BCUT2D eigenvalue weighted by Gasteiger charge is 2.34. The molecule has 1 heterocycles. The summed E-state index contributed by atoms with van der Waals surface area (Å²) < 4.78 is 44.1. The van der Waals surface area contributed by atoms with E-state index in [4.69, 9.17) is 4.74 Å². The van der Waals surface area contributed by atoms with Crippen LogP contribution < -0.4 is 10.2 Å². The normalized spacial score (nSPS) is 11.4. The van der Waals surface area contributed by atoms with E-state index in [0.29, 0.717) is 13.2 Å². The molecule has 0 unspecified atom stereocenters. The van der Waals surface area contributed by atoms with Crippen LogP contribution in [0.25, 0.3) is 0 Å². The van der Waals surface area contributed by atoms with E-state index < -0.39 is 11.9 Å². The lowest BCUT2D eigenvalue weighted by molar-refractivity contribution is -0.141. The average Bonchev–Trinajstić information content (AvgIpc) is 2.53. The first-order chi connectivity index (χ1) is 11.3. The lowest BCUT2D eigenvalue weighted by Gasteiger charge is -2.16. The van der Waals surface area contributed by atoms with E-state index in [9.17, 15) is 13.2 Å². The molecule has 0 amide bonds. The fraction of sp³-hybridized carbons (Fsp3) is 0.375. The van der Waals surface area contributed by atoms with E-state index in [1.54, 1.807) is 21.2 Å². The van der Waals surface area contributed by atoms with Crippen molar-refractivity contribution in [3.05, 3.63) is 47.2 Å². The molecule has 130 valence electrons. The molecule has 0 spiro atoms. The Labute approximate surface area is 138 Å². The third-order valence-electron chi connectivity index (χ3n) is 3.32. The van der Waals surface area contributed by atoms with Gasteiger partial charge in [-0.1, -0.05) is 24.3 Å². The van der Waals surface area contributed by atoms with Crippen molar-refractivity contribution in [2.45, 2.75) is 19.3 Å². The van der Waals surface area contributed by atoms with Gasteiger partial charge in [-0.15, -0.1) is 0 Å². The molecule has 2 aromatic rings. The van der Waals surface area contributed by atoms with Crippen molar-refractivity contribution in [1.82, 2.24) is 9.97 Å². The molecule has 0 saturated carbocycles. The van der Waals surface area contributed by atoms with Crippen LogP contribution in [0.15, 0.2) is 30.3 Å². The van der Waals surface area contributed by atoms with Gasteiger partial charge in [0.05, 0.1) is 6.61 Å². The summed E-state index contributed by atoms with van der Waals surface area (Å²) in [6.45, 7) is 0.720. The molecular formula is C16H19F3N4O. The molecule has 0 aliphatic rings. The van der Waals surface area contributed by atoms with Gasteiger partial charge in [-0.3, -0.25) is 0 Å². The molecule has 0 aliphatic heterocycles. The lowest BCUT2D eigenvalue weighted by Crippen LogP contribution is -2.17. The Bertz CT molecular complexity index is 689. The second-order valence-electron chi connectivity index (χ2n) is 5.38. The van der Waals surface area contributed by atoms with Crippen LogP contribution in [0, 0.1) is 0 Å². The number of hydrogen-bond acceptors (Lipinski definition) is 5. The first kappa shape index (κ1) is 18.0. The molecule has 0 bridgehead atoms. The third-order valence-corrected chi connectivity index (χ3v) is 3.32. The molecular weight excluding hydrogens is 321 g/mol. The number of rotatable bonds is 6. The average molecular weight is 340 g/mol. The fourth-order valence-corrected chi connectivity index (χ4v) is 2.09. The summed E-state index contributed by atoms with van der Waals surface area (Å²) in [7, 11) is 4.84. The van der Waals surface area contributed by atoms with Gasteiger partial charge >= 0.3 is 6.18 Å². The van der Waals surface area contributed by atoms with E-state index in [1.165, 1.54) is 4.90 Å². The fourth-order valence-electron chi connectivity index (χ4n) is 2.09. The van der Waals surface area contributed by atoms with Gasteiger partial charge in [-0.25, -0.2) is 4.98 Å². The van der Waals surface area contributed by atoms with Crippen LogP contribution in [0.1, 0.15) is 16.8 Å². The van der Waals surface area contributed by atoms with Gasteiger partial charge in [0.25, 0.3) is 0 Å². The predicted octanol–water partition coefficient (Wildman–Crippen LogP) is 3.32. The van der Waals surface area contributed by atoms with Crippen molar-refractivity contribution < 1.29 is 17.9 Å². The molecule has 0 saturated heterocycles. The minimum Gasteiger partial charge on any atom is -0.380 e. The zero-order chi connectivity index (χ0) is 17.7. The van der Waals surface area contributed by atoms with Gasteiger partial charge in [-0.05, 0) is 11.1 Å². The highest BCUT2D eigenvalue weighted by atomic mass is 19.4. The van der Waals surface area contributed by atoms with Gasteiger partial charge in [0, 0.05) is 33.8 Å². The number of halogens is 3. The molecule has 24 heavy (non-hydrogen) atoms. The van der Waals surface area contributed by atoms with E-state index in [-0.39, 0.29) is 11.8 Å². The number of hydrogen-bond donors (Lipinski definition) is 1. The summed E-state index contributed by atoms with van der Waals surface area (Å²) in [6.07, 6.45) is -4.53. The van der Waals surface area contributed by atoms with Crippen LogP contribution >= 0.6 is 0 Å². The van der Waals surface area contributed by atoms with Crippen molar-refractivity contribution in [2.75, 3.05) is 31.4 Å². The summed E-state index contributed by atoms with van der Waals surface area (Å²) in [6, 6.07) is 8.43. The lowest BCUT2D eigenvalue weighted by atomic mass is 10.1. The number of benzene rings is 1. The molecule has 0 fully saturated rings. The summed E-state index contributed by atoms with van der Waals surface area (Å²) >= 11 is 0. The van der Waals surface area contributed by atoms with Crippen molar-refractivity contribution >= 4 is 11.8 Å². The van der Waals surface area contributed by atoms with E-state index >= 15 is 0 Å². The van der Waals surface area contributed by atoms with Gasteiger partial charge in [0.15, 0.2) is 5.69 Å². The summed E-state index contributed by atoms with van der Waals surface area (Å²) in [5, 5.41) is 2.86. The van der Waals surface area contributed by atoms with E-state index in [0.717, 1.165) is 17.2 Å². The quantitative estimate of drug-likeness (QED) is 0.874. The second kappa shape index (κ2) is 7.48. The van der Waals surface area contributed by atoms with Crippen molar-refractivity contribution in [3.63, 3.8) is 0 Å². The molecule has 1 aromatic heterocycles. The van der Waals surface area contributed by atoms with Crippen LogP contribution in [-0.2, 0) is 24.1 Å². The Morgan fingerprint density at radius 3 is 2.38 bits per heavy atom. The highest BCUT2D eigenvalue weighted by Crippen LogP contribution is 2.30. The first-order valence-electron chi connectivity index (χ1n) is 7.24. The predicted molar refractivity (Wildman–Crippen MR) is 85.8 cm³/mol. The Morgan fingerprint density at radius 1 is 1.12 bits per heavy atom. The van der Waals surface area contributed by atoms with Crippen LogP contribution in [-0.4, -0.2) is 31.2 Å². The van der Waals surface area contributed by atoms with Crippen LogP contribution in [0.5, 0.6) is 0 Å². The minimum absolute atomic E-state index is 0.0688. The Kier molecular flexibility index (Phi) is 5.61. The maximum Gasteiger partial charge on any atom is 0.433 e. The van der Waals surface area contributed by atoms with Gasteiger partial charge in [-0.2, -0.15) is 18.2 Å². The van der Waals surface area contributed by atoms with Crippen molar-refractivity contribution in [2.24, 2.45) is 0 Å². The molecule has 1 N–H and O–H groups in total.